The SMILES string of the molecule is CCCN(CCC)CCN1C(=O)[C@@H]2[C@H](C(=O)Nc3ccc(C)cc3)[C@@H]3C=C[C@@]2(O3)[C@H]1C(=O)NC1CCCCC1. The summed E-state index contributed by atoms with van der Waals surface area (Å²) in [7, 11) is 0. The highest BCUT2D eigenvalue weighted by atomic mass is 16.5. The number of benzene rings is 1. The molecule has 5 atom stereocenters. The normalized spacial score (nSPS) is 29.7. The fourth-order valence-corrected chi connectivity index (χ4v) is 7.11. The monoisotopic (exact) mass is 536 g/mol. The molecule has 212 valence electrons. The van der Waals surface area contributed by atoms with Crippen molar-refractivity contribution in [3.8, 4) is 0 Å². The molecule has 3 aliphatic heterocycles. The topological polar surface area (TPSA) is 91.0 Å². The number of fused-ring (bicyclic) bond motifs is 1. The van der Waals surface area contributed by atoms with Crippen molar-refractivity contribution in [1.82, 2.24) is 15.1 Å². The minimum atomic E-state index is -1.11. The van der Waals surface area contributed by atoms with Crippen LogP contribution >= 0.6 is 0 Å². The highest BCUT2D eigenvalue weighted by Gasteiger charge is 2.72. The molecule has 8 nitrogen and oxygen atoms in total. The molecule has 1 aliphatic carbocycles. The van der Waals surface area contributed by atoms with Crippen LogP contribution in [0.15, 0.2) is 36.4 Å². The molecule has 1 aromatic carbocycles. The van der Waals surface area contributed by atoms with Crippen molar-refractivity contribution in [3.63, 3.8) is 0 Å². The lowest BCUT2D eigenvalue weighted by molar-refractivity contribution is -0.141. The van der Waals surface area contributed by atoms with Gasteiger partial charge in [0.1, 0.15) is 11.6 Å². The van der Waals surface area contributed by atoms with Gasteiger partial charge in [0.05, 0.1) is 17.9 Å². The smallest absolute Gasteiger partial charge is 0.246 e. The van der Waals surface area contributed by atoms with Crippen LogP contribution in [0.1, 0.15) is 64.4 Å². The number of carbonyl (C=O) groups excluding carboxylic acids is 3. The van der Waals surface area contributed by atoms with Crippen LogP contribution in [-0.4, -0.2) is 77.5 Å². The van der Waals surface area contributed by atoms with Gasteiger partial charge in [-0.1, -0.05) is 63.0 Å². The van der Waals surface area contributed by atoms with Gasteiger partial charge < -0.3 is 25.2 Å². The quantitative estimate of drug-likeness (QED) is 0.422. The van der Waals surface area contributed by atoms with Crippen molar-refractivity contribution in [2.45, 2.75) is 89.5 Å². The van der Waals surface area contributed by atoms with E-state index < -0.39 is 29.6 Å². The van der Waals surface area contributed by atoms with E-state index >= 15 is 0 Å². The zero-order valence-corrected chi connectivity index (χ0v) is 23.7. The number of nitrogens with one attached hydrogen (secondary N) is 2. The van der Waals surface area contributed by atoms with Crippen molar-refractivity contribution < 1.29 is 19.1 Å². The zero-order chi connectivity index (χ0) is 27.6. The second-order valence-corrected chi connectivity index (χ2v) is 11.8. The molecule has 3 fully saturated rings. The molecular weight excluding hydrogens is 492 g/mol. The molecule has 2 saturated heterocycles. The van der Waals surface area contributed by atoms with E-state index in [2.05, 4.69) is 29.4 Å². The molecule has 39 heavy (non-hydrogen) atoms. The predicted octanol–water partition coefficient (Wildman–Crippen LogP) is 3.66. The van der Waals surface area contributed by atoms with Gasteiger partial charge in [0.2, 0.25) is 17.7 Å². The van der Waals surface area contributed by atoms with Gasteiger partial charge in [-0.05, 0) is 57.8 Å². The van der Waals surface area contributed by atoms with Crippen molar-refractivity contribution >= 4 is 23.4 Å². The van der Waals surface area contributed by atoms with Gasteiger partial charge in [-0.2, -0.15) is 0 Å². The summed E-state index contributed by atoms with van der Waals surface area (Å²) in [6, 6.07) is 6.97. The molecule has 4 aliphatic rings. The molecule has 2 bridgehead atoms. The van der Waals surface area contributed by atoms with Gasteiger partial charge >= 0.3 is 0 Å². The van der Waals surface area contributed by atoms with Gasteiger partial charge in [-0.15, -0.1) is 0 Å². The Morgan fingerprint density at radius 3 is 2.38 bits per heavy atom. The van der Waals surface area contributed by atoms with Crippen molar-refractivity contribution in [3.05, 3.63) is 42.0 Å². The summed E-state index contributed by atoms with van der Waals surface area (Å²) < 4.78 is 6.49. The summed E-state index contributed by atoms with van der Waals surface area (Å²) in [6.45, 7) is 9.33. The Morgan fingerprint density at radius 2 is 1.72 bits per heavy atom. The summed E-state index contributed by atoms with van der Waals surface area (Å²) in [5, 5.41) is 6.27. The molecule has 0 radical (unpaired) electrons. The maximum absolute atomic E-state index is 14.2. The Labute approximate surface area is 232 Å². The van der Waals surface area contributed by atoms with Crippen molar-refractivity contribution in [1.29, 1.82) is 0 Å². The Hall–Kier alpha value is -2.71. The highest BCUT2D eigenvalue weighted by molar-refractivity contribution is 6.02. The first kappa shape index (κ1) is 27.8. The number of rotatable bonds is 11. The summed E-state index contributed by atoms with van der Waals surface area (Å²) in [5.41, 5.74) is 0.678. The van der Waals surface area contributed by atoms with Gasteiger partial charge in [-0.3, -0.25) is 14.4 Å². The van der Waals surface area contributed by atoms with Gasteiger partial charge in [0.25, 0.3) is 0 Å². The molecule has 2 N–H and O–H groups in total. The summed E-state index contributed by atoms with van der Waals surface area (Å²) in [4.78, 5) is 45.8. The second kappa shape index (κ2) is 11.8. The Balaban J connectivity index is 1.41. The third-order valence-corrected chi connectivity index (χ3v) is 8.93. The first-order valence-corrected chi connectivity index (χ1v) is 15.0. The summed E-state index contributed by atoms with van der Waals surface area (Å²) in [6.07, 6.45) is 10.7. The maximum Gasteiger partial charge on any atom is 0.246 e. The number of nitrogens with zero attached hydrogens (tertiary/aromatic N) is 2. The number of carbonyl (C=O) groups is 3. The minimum absolute atomic E-state index is 0.124. The summed E-state index contributed by atoms with van der Waals surface area (Å²) in [5.74, 6) is -1.94. The predicted molar refractivity (Wildman–Crippen MR) is 151 cm³/mol. The average molecular weight is 537 g/mol. The standard InChI is InChI=1S/C31H44N4O4/c1-4-17-34(18-5-2)19-20-35-27(29(37)33-22-9-7-6-8-10-22)31-16-15-24(39-31)25(26(31)30(35)38)28(36)32-23-13-11-21(3)12-14-23/h11-16,22,24-27H,4-10,17-20H2,1-3H3,(H,32,36)(H,33,37)/t24-,25+,26-,27+,31-/m0/s1. The lowest BCUT2D eigenvalue weighted by Gasteiger charge is -2.35. The van der Waals surface area contributed by atoms with Crippen LogP contribution in [0.3, 0.4) is 0 Å². The third kappa shape index (κ3) is 5.38. The number of ether oxygens (including phenoxy) is 1. The average Bonchev–Trinajstić information content (AvgIpc) is 3.56. The molecule has 1 aromatic rings. The zero-order valence-electron chi connectivity index (χ0n) is 23.7. The minimum Gasteiger partial charge on any atom is -0.359 e. The third-order valence-electron chi connectivity index (χ3n) is 8.93. The molecular formula is C31H44N4O4. The van der Waals surface area contributed by atoms with Gasteiger partial charge in [-0.25, -0.2) is 0 Å². The summed E-state index contributed by atoms with van der Waals surface area (Å²) >= 11 is 0. The number of amides is 3. The van der Waals surface area contributed by atoms with Crippen LogP contribution in [0.5, 0.6) is 0 Å². The molecule has 0 aromatic heterocycles. The maximum atomic E-state index is 14.2. The Kier molecular flexibility index (Phi) is 8.43. The molecule has 0 unspecified atom stereocenters. The van der Waals surface area contributed by atoms with E-state index in [4.69, 9.17) is 4.74 Å². The second-order valence-electron chi connectivity index (χ2n) is 11.8. The van der Waals surface area contributed by atoms with Crippen LogP contribution in [0.25, 0.3) is 0 Å². The fourth-order valence-electron chi connectivity index (χ4n) is 7.11. The highest BCUT2D eigenvalue weighted by Crippen LogP contribution is 2.55. The van der Waals surface area contributed by atoms with Crippen LogP contribution in [-0.2, 0) is 19.1 Å². The number of hydrogen-bond acceptors (Lipinski definition) is 5. The van der Waals surface area contributed by atoms with Gasteiger partial charge in [0, 0.05) is 24.8 Å². The molecule has 5 rings (SSSR count). The molecule has 1 saturated carbocycles. The van der Waals surface area contributed by atoms with E-state index in [1.807, 2.05) is 43.3 Å². The first-order valence-electron chi connectivity index (χ1n) is 15.0. The van der Waals surface area contributed by atoms with E-state index in [1.165, 1.54) is 6.42 Å². The van der Waals surface area contributed by atoms with Crippen molar-refractivity contribution in [2.24, 2.45) is 11.8 Å². The van der Waals surface area contributed by atoms with E-state index in [9.17, 15) is 14.4 Å². The van der Waals surface area contributed by atoms with E-state index in [-0.39, 0.29) is 23.8 Å². The lowest BCUT2D eigenvalue weighted by Crippen LogP contribution is -2.57. The van der Waals surface area contributed by atoms with Crippen molar-refractivity contribution in [2.75, 3.05) is 31.5 Å². The molecule has 1 spiro atoms. The van der Waals surface area contributed by atoms with E-state index in [0.29, 0.717) is 18.8 Å². The lowest BCUT2D eigenvalue weighted by atomic mass is 9.74. The van der Waals surface area contributed by atoms with Crippen LogP contribution in [0.4, 0.5) is 5.69 Å². The fraction of sp³-hybridized carbons (Fsp3) is 0.645. The molecule has 3 heterocycles. The van der Waals surface area contributed by atoms with Crippen LogP contribution in [0.2, 0.25) is 0 Å². The molecule has 8 heteroatoms. The first-order chi connectivity index (χ1) is 18.9. The Morgan fingerprint density at radius 1 is 1.03 bits per heavy atom. The number of likely N-dealkylation sites (tertiary alicyclic amines) is 1. The largest absolute Gasteiger partial charge is 0.359 e. The van der Waals surface area contributed by atoms with Gasteiger partial charge in [0.15, 0.2) is 0 Å². The van der Waals surface area contributed by atoms with Crippen LogP contribution in [0, 0.1) is 18.8 Å². The Bertz CT molecular complexity index is 1080. The molecule has 3 amide bonds. The number of anilines is 1. The van der Waals surface area contributed by atoms with E-state index in [0.717, 1.165) is 57.2 Å². The number of aryl methyl sites for hydroxylation is 1. The number of hydrogen-bond donors (Lipinski definition) is 2. The van der Waals surface area contributed by atoms with E-state index in [1.54, 1.807) is 4.90 Å². The van der Waals surface area contributed by atoms with Crippen LogP contribution < -0.4 is 10.6 Å².